The van der Waals surface area contributed by atoms with E-state index in [9.17, 15) is 0 Å². The normalized spacial score (nSPS) is 11.2. The van der Waals surface area contributed by atoms with Crippen molar-refractivity contribution in [3.8, 4) is 0 Å². The third-order valence-corrected chi connectivity index (χ3v) is 3.81. The maximum Gasteiger partial charge on any atom is 0.0234 e. The molecule has 0 saturated carbocycles. The van der Waals surface area contributed by atoms with E-state index in [1.807, 2.05) is 18.2 Å². The first-order valence-corrected chi connectivity index (χ1v) is 7.57. The van der Waals surface area contributed by atoms with Crippen LogP contribution < -0.4 is 0 Å². The molecule has 0 aromatic carbocycles. The molecule has 0 bridgehead atoms. The number of hydrogen-bond donors (Lipinski definition) is 0. The van der Waals surface area contributed by atoms with Crippen LogP contribution in [0.3, 0.4) is 0 Å². The smallest absolute Gasteiger partial charge is 0.0234 e. The first-order chi connectivity index (χ1) is 7.24. The van der Waals surface area contributed by atoms with Crippen molar-refractivity contribution in [2.24, 2.45) is 5.41 Å². The topological polar surface area (TPSA) is 0 Å². The molecule has 0 aromatic rings. The maximum absolute atomic E-state index is 3.87. The largest absolute Gasteiger partial charge is 0.102 e. The third kappa shape index (κ3) is 5.78. The average molecular weight is 222 g/mol. The lowest BCUT2D eigenvalue weighted by molar-refractivity contribution is 0.504. The molecule has 0 aliphatic rings. The van der Waals surface area contributed by atoms with Crippen LogP contribution in [0.1, 0.15) is 38.5 Å². The van der Waals surface area contributed by atoms with Crippen LogP contribution in [0.15, 0.2) is 38.0 Å². The van der Waals surface area contributed by atoms with Crippen molar-refractivity contribution in [1.82, 2.24) is 0 Å². The Bertz CT molecular complexity index is 172. The second-order valence-corrected chi connectivity index (χ2v) is 5.24. The van der Waals surface area contributed by atoms with E-state index in [0.717, 1.165) is 6.42 Å². The Morgan fingerprint density at radius 1 is 0.800 bits per heavy atom. The first kappa shape index (κ1) is 14.4. The molecule has 0 aliphatic carbocycles. The summed E-state index contributed by atoms with van der Waals surface area (Å²) in [6.07, 6.45) is 13.8. The van der Waals surface area contributed by atoms with Crippen LogP contribution in [0.5, 0.6) is 0 Å². The fourth-order valence-electron chi connectivity index (χ4n) is 1.77. The fourth-order valence-corrected chi connectivity index (χ4v) is 2.27. The number of hydrogen-bond acceptors (Lipinski definition) is 0. The van der Waals surface area contributed by atoms with E-state index in [2.05, 4.69) is 19.7 Å². The van der Waals surface area contributed by atoms with Crippen LogP contribution in [-0.4, -0.2) is 10.2 Å². The highest BCUT2D eigenvalue weighted by Gasteiger charge is 2.16. The van der Waals surface area contributed by atoms with Crippen molar-refractivity contribution in [3.05, 3.63) is 38.0 Å². The second kappa shape index (κ2) is 8.72. The summed E-state index contributed by atoms with van der Waals surface area (Å²) in [6, 6.07) is 1.45. The van der Waals surface area contributed by atoms with Crippen molar-refractivity contribution in [2.45, 2.75) is 44.6 Å². The summed E-state index contributed by atoms with van der Waals surface area (Å²) < 4.78 is 0. The molecule has 0 unspecified atom stereocenters. The lowest BCUT2D eigenvalue weighted by Gasteiger charge is -2.21. The summed E-state index contributed by atoms with van der Waals surface area (Å²) in [6.45, 7) is 11.6. The predicted molar refractivity (Wildman–Crippen MR) is 75.5 cm³/mol. The van der Waals surface area contributed by atoms with Gasteiger partial charge in [-0.05, 0) is 6.42 Å². The van der Waals surface area contributed by atoms with Gasteiger partial charge in [0.2, 0.25) is 0 Å². The van der Waals surface area contributed by atoms with E-state index in [4.69, 9.17) is 0 Å². The number of unbranched alkanes of at least 4 members (excludes halogenated alkanes) is 4. The van der Waals surface area contributed by atoms with Crippen molar-refractivity contribution in [3.63, 3.8) is 0 Å². The van der Waals surface area contributed by atoms with E-state index in [1.54, 1.807) is 0 Å². The van der Waals surface area contributed by atoms with Crippen LogP contribution in [0.25, 0.3) is 0 Å². The summed E-state index contributed by atoms with van der Waals surface area (Å²) in [4.78, 5) is 0. The SMILES string of the molecule is C=CC(C=C)(C=C)CCCCCCC[SiH3]. The molecule has 0 N–H and O–H groups in total. The van der Waals surface area contributed by atoms with Gasteiger partial charge >= 0.3 is 0 Å². The molecule has 0 amide bonds. The van der Waals surface area contributed by atoms with Crippen molar-refractivity contribution in [1.29, 1.82) is 0 Å². The standard InChI is InChI=1S/C14H26Si/c1-4-14(5-2,6-3)12-10-8-7-9-11-13-15/h4-6H,1-3,7-13H2,15H3. The molecular weight excluding hydrogens is 196 g/mol. The Kier molecular flexibility index (Phi) is 8.39. The quantitative estimate of drug-likeness (QED) is 0.301. The van der Waals surface area contributed by atoms with Gasteiger partial charge in [-0.15, -0.1) is 19.7 Å². The zero-order chi connectivity index (χ0) is 11.6. The van der Waals surface area contributed by atoms with Crippen LogP contribution in [0, 0.1) is 5.41 Å². The summed E-state index contributed by atoms with van der Waals surface area (Å²) in [5.41, 5.74) is -0.0301. The van der Waals surface area contributed by atoms with Gasteiger partial charge in [-0.3, -0.25) is 0 Å². The Balaban J connectivity index is 3.67. The van der Waals surface area contributed by atoms with Crippen molar-refractivity contribution >= 4 is 10.2 Å². The molecular formula is C14H26Si. The minimum atomic E-state index is -0.0301. The van der Waals surface area contributed by atoms with Gasteiger partial charge in [0.15, 0.2) is 0 Å². The highest BCUT2D eigenvalue weighted by molar-refractivity contribution is 6.08. The lowest BCUT2D eigenvalue weighted by Crippen LogP contribution is -2.09. The van der Waals surface area contributed by atoms with Gasteiger partial charge in [0.1, 0.15) is 0 Å². The summed E-state index contributed by atoms with van der Waals surface area (Å²) >= 11 is 0. The maximum atomic E-state index is 3.87. The van der Waals surface area contributed by atoms with Gasteiger partial charge in [-0.25, -0.2) is 0 Å². The van der Waals surface area contributed by atoms with E-state index < -0.39 is 0 Å². The highest BCUT2D eigenvalue weighted by Crippen LogP contribution is 2.29. The Hall–Kier alpha value is -0.563. The molecule has 1 heteroatoms. The van der Waals surface area contributed by atoms with Crippen LogP contribution in [0.4, 0.5) is 0 Å². The van der Waals surface area contributed by atoms with Gasteiger partial charge in [-0.2, -0.15) is 0 Å². The van der Waals surface area contributed by atoms with E-state index >= 15 is 0 Å². The third-order valence-electron chi connectivity index (χ3n) is 3.10. The first-order valence-electron chi connectivity index (χ1n) is 6.15. The molecule has 0 aromatic heterocycles. The minimum absolute atomic E-state index is 0.0301. The van der Waals surface area contributed by atoms with Gasteiger partial charge in [0.05, 0.1) is 0 Å². The van der Waals surface area contributed by atoms with Gasteiger partial charge in [-0.1, -0.05) is 56.4 Å². The van der Waals surface area contributed by atoms with E-state index in [1.165, 1.54) is 48.4 Å². The average Bonchev–Trinajstić information content (AvgIpc) is 2.29. The Morgan fingerprint density at radius 2 is 1.27 bits per heavy atom. The van der Waals surface area contributed by atoms with E-state index in [0.29, 0.717) is 0 Å². The van der Waals surface area contributed by atoms with Crippen molar-refractivity contribution in [2.75, 3.05) is 0 Å². The fraction of sp³-hybridized carbons (Fsp3) is 0.571. The van der Waals surface area contributed by atoms with Crippen LogP contribution in [-0.2, 0) is 0 Å². The Labute approximate surface area is 98.6 Å². The molecule has 86 valence electrons. The molecule has 0 radical (unpaired) electrons. The van der Waals surface area contributed by atoms with Gasteiger partial charge < -0.3 is 0 Å². The molecule has 0 saturated heterocycles. The second-order valence-electron chi connectivity index (χ2n) is 4.24. The summed E-state index contributed by atoms with van der Waals surface area (Å²) in [5, 5.41) is 0. The van der Waals surface area contributed by atoms with Crippen molar-refractivity contribution < 1.29 is 0 Å². The monoisotopic (exact) mass is 222 g/mol. The minimum Gasteiger partial charge on any atom is -0.102 e. The molecule has 0 atom stereocenters. The molecule has 0 aliphatic heterocycles. The zero-order valence-electron chi connectivity index (χ0n) is 10.3. The van der Waals surface area contributed by atoms with Crippen LogP contribution in [0.2, 0.25) is 6.04 Å². The Morgan fingerprint density at radius 3 is 1.73 bits per heavy atom. The molecule has 0 spiro atoms. The molecule has 0 heterocycles. The van der Waals surface area contributed by atoms with E-state index in [-0.39, 0.29) is 5.41 Å². The molecule has 0 nitrogen and oxygen atoms in total. The summed E-state index contributed by atoms with van der Waals surface area (Å²) in [7, 11) is 1.36. The number of rotatable bonds is 10. The predicted octanol–water partition coefficient (Wildman–Crippen LogP) is 3.66. The van der Waals surface area contributed by atoms with Crippen LogP contribution >= 0.6 is 0 Å². The highest BCUT2D eigenvalue weighted by atomic mass is 28.1. The van der Waals surface area contributed by atoms with Gasteiger partial charge in [0.25, 0.3) is 0 Å². The molecule has 0 fully saturated rings. The molecule has 0 rings (SSSR count). The lowest BCUT2D eigenvalue weighted by atomic mass is 9.83. The number of allylic oxidation sites excluding steroid dienone is 3. The summed E-state index contributed by atoms with van der Waals surface area (Å²) in [5.74, 6) is 0. The molecule has 15 heavy (non-hydrogen) atoms. The van der Waals surface area contributed by atoms with Gasteiger partial charge in [0, 0.05) is 15.7 Å². The zero-order valence-corrected chi connectivity index (χ0v) is 12.3.